The average molecular weight is 254 g/mol. The third-order valence-corrected chi connectivity index (χ3v) is 1.46. The topological polar surface area (TPSA) is 191 Å². The molecule has 0 saturated heterocycles. The molecular formula is C7H10N8O3. The van der Waals surface area contributed by atoms with Crippen molar-refractivity contribution in [3.63, 3.8) is 0 Å². The molecule has 0 aliphatic rings. The van der Waals surface area contributed by atoms with E-state index < -0.39 is 18.1 Å². The maximum Gasteiger partial charge on any atom is 0.319 e. The molecule has 0 spiro atoms. The van der Waals surface area contributed by atoms with Gasteiger partial charge in [-0.15, -0.1) is 0 Å². The van der Waals surface area contributed by atoms with Crippen LogP contribution in [0.3, 0.4) is 0 Å². The summed E-state index contributed by atoms with van der Waals surface area (Å²) in [5.41, 5.74) is 14.7. The van der Waals surface area contributed by atoms with Gasteiger partial charge in [-0.1, -0.05) is 0 Å². The van der Waals surface area contributed by atoms with Gasteiger partial charge in [0.25, 0.3) is 0 Å². The Hall–Kier alpha value is -3.11. The summed E-state index contributed by atoms with van der Waals surface area (Å²) in [5.74, 6) is -0.340. The molecule has 11 heteroatoms. The molecule has 0 bridgehead atoms. The molecule has 11 nitrogen and oxygen atoms in total. The zero-order valence-corrected chi connectivity index (χ0v) is 8.93. The van der Waals surface area contributed by atoms with E-state index in [-0.39, 0.29) is 17.6 Å². The number of carbonyl (C=O) groups excluding carboxylic acids is 3. The number of urea groups is 3. The van der Waals surface area contributed by atoms with Gasteiger partial charge in [-0.25, -0.2) is 14.4 Å². The van der Waals surface area contributed by atoms with Crippen molar-refractivity contribution < 1.29 is 14.4 Å². The van der Waals surface area contributed by atoms with E-state index in [0.29, 0.717) is 0 Å². The molecule has 0 aliphatic heterocycles. The lowest BCUT2D eigenvalue weighted by Gasteiger charge is -2.07. The lowest BCUT2D eigenvalue weighted by Crippen LogP contribution is -2.25. The van der Waals surface area contributed by atoms with Gasteiger partial charge >= 0.3 is 18.1 Å². The van der Waals surface area contributed by atoms with Crippen LogP contribution in [0.1, 0.15) is 0 Å². The zero-order chi connectivity index (χ0) is 13.7. The third kappa shape index (κ3) is 4.18. The van der Waals surface area contributed by atoms with E-state index in [0.717, 1.165) is 0 Å². The highest BCUT2D eigenvalue weighted by Crippen LogP contribution is 2.13. The van der Waals surface area contributed by atoms with Gasteiger partial charge in [0.05, 0.1) is 0 Å². The molecule has 1 rings (SSSR count). The maximum absolute atomic E-state index is 10.7. The van der Waals surface area contributed by atoms with Crippen molar-refractivity contribution in [3.8, 4) is 0 Å². The monoisotopic (exact) mass is 254 g/mol. The van der Waals surface area contributed by atoms with Crippen LogP contribution in [0.15, 0.2) is 6.07 Å². The van der Waals surface area contributed by atoms with Gasteiger partial charge in [0.1, 0.15) is 11.6 Å². The van der Waals surface area contributed by atoms with E-state index in [1.54, 1.807) is 0 Å². The normalized spacial score (nSPS) is 9.33. The first-order chi connectivity index (χ1) is 8.36. The summed E-state index contributed by atoms with van der Waals surface area (Å²) in [6, 6.07) is -1.51. The number of rotatable bonds is 3. The highest BCUT2D eigenvalue weighted by Gasteiger charge is 2.08. The standard InChI is InChI=1S/C7H10N8O3/c8-4(16)11-2-1-3(12-5(9)17)14-7(13-2)15-6(10)18/h1H,(H9,8,9,10,11,12,13,14,15,16,17,18). The molecule has 0 radical (unpaired) electrons. The van der Waals surface area contributed by atoms with E-state index in [1.165, 1.54) is 6.07 Å². The van der Waals surface area contributed by atoms with Gasteiger partial charge in [0.2, 0.25) is 5.95 Å². The highest BCUT2D eigenvalue weighted by atomic mass is 16.2. The molecule has 0 aliphatic carbocycles. The number of nitrogens with zero attached hydrogens (tertiary/aromatic N) is 2. The predicted octanol–water partition coefficient (Wildman–Crippen LogP) is -1.05. The average Bonchev–Trinajstić information content (AvgIpc) is 2.12. The minimum Gasteiger partial charge on any atom is -0.351 e. The molecule has 1 aromatic heterocycles. The maximum atomic E-state index is 10.7. The second-order valence-electron chi connectivity index (χ2n) is 2.93. The van der Waals surface area contributed by atoms with Crippen molar-refractivity contribution in [2.75, 3.05) is 16.0 Å². The molecule has 0 fully saturated rings. The number of anilines is 3. The molecule has 1 aromatic rings. The first kappa shape index (κ1) is 13.0. The van der Waals surface area contributed by atoms with Gasteiger partial charge < -0.3 is 17.2 Å². The molecule has 18 heavy (non-hydrogen) atoms. The summed E-state index contributed by atoms with van der Waals surface area (Å²) in [4.78, 5) is 39.4. The van der Waals surface area contributed by atoms with E-state index in [4.69, 9.17) is 17.2 Å². The fourth-order valence-corrected chi connectivity index (χ4v) is 0.994. The van der Waals surface area contributed by atoms with Crippen molar-refractivity contribution in [1.82, 2.24) is 9.97 Å². The quantitative estimate of drug-likeness (QED) is 0.400. The number of nitrogens with two attached hydrogens (primary N) is 3. The number of nitrogens with one attached hydrogen (secondary N) is 3. The van der Waals surface area contributed by atoms with Crippen molar-refractivity contribution >= 4 is 35.7 Å². The second-order valence-corrected chi connectivity index (χ2v) is 2.93. The SMILES string of the molecule is NC(=O)Nc1cc(NC(N)=O)nc(NC(N)=O)n1. The van der Waals surface area contributed by atoms with Gasteiger partial charge in [-0.2, -0.15) is 9.97 Å². The van der Waals surface area contributed by atoms with Gasteiger partial charge in [-0.05, 0) is 0 Å². The van der Waals surface area contributed by atoms with Crippen molar-refractivity contribution in [2.45, 2.75) is 0 Å². The largest absolute Gasteiger partial charge is 0.351 e. The first-order valence-electron chi connectivity index (χ1n) is 4.45. The van der Waals surface area contributed by atoms with Crippen LogP contribution in [-0.4, -0.2) is 28.1 Å². The van der Waals surface area contributed by atoms with E-state index in [9.17, 15) is 14.4 Å². The molecule has 6 amide bonds. The lowest BCUT2D eigenvalue weighted by molar-refractivity contribution is 0.258. The van der Waals surface area contributed by atoms with Crippen LogP contribution in [0.4, 0.5) is 32.0 Å². The van der Waals surface area contributed by atoms with Crippen molar-refractivity contribution in [1.29, 1.82) is 0 Å². The molecule has 0 unspecified atom stereocenters. The van der Waals surface area contributed by atoms with Crippen LogP contribution in [0.5, 0.6) is 0 Å². The summed E-state index contributed by atoms with van der Waals surface area (Å²) in [5, 5.41) is 6.34. The molecule has 0 aromatic carbocycles. The summed E-state index contributed by atoms with van der Waals surface area (Å²) in [6.07, 6.45) is 0. The number of amides is 6. The van der Waals surface area contributed by atoms with Crippen molar-refractivity contribution in [3.05, 3.63) is 6.07 Å². The number of primary amides is 3. The number of hydrogen-bond donors (Lipinski definition) is 6. The molecule has 1 heterocycles. The lowest BCUT2D eigenvalue weighted by atomic mass is 10.5. The molecule has 0 atom stereocenters. The van der Waals surface area contributed by atoms with Gasteiger partial charge in [0.15, 0.2) is 0 Å². The number of aromatic nitrogens is 2. The van der Waals surface area contributed by atoms with Gasteiger partial charge in [-0.3, -0.25) is 16.0 Å². The smallest absolute Gasteiger partial charge is 0.319 e. The minimum absolute atomic E-state index is 0.0509. The van der Waals surface area contributed by atoms with Crippen molar-refractivity contribution in [2.24, 2.45) is 17.2 Å². The molecule has 0 saturated carbocycles. The second kappa shape index (κ2) is 5.29. The Kier molecular flexibility index (Phi) is 3.81. The summed E-state index contributed by atoms with van der Waals surface area (Å²) < 4.78 is 0. The minimum atomic E-state index is -0.920. The van der Waals surface area contributed by atoms with Crippen LogP contribution < -0.4 is 33.2 Å². The Labute approximate surface area is 100 Å². The van der Waals surface area contributed by atoms with Crippen LogP contribution >= 0.6 is 0 Å². The molecular weight excluding hydrogens is 244 g/mol. The Balaban J connectivity index is 3.06. The van der Waals surface area contributed by atoms with Gasteiger partial charge in [0, 0.05) is 6.07 Å². The Morgan fingerprint density at radius 2 is 1.22 bits per heavy atom. The summed E-state index contributed by atoms with van der Waals surface area (Å²) in [7, 11) is 0. The van der Waals surface area contributed by atoms with Crippen LogP contribution in [0.2, 0.25) is 0 Å². The number of carbonyl (C=O) groups is 3. The summed E-state index contributed by atoms with van der Waals surface area (Å²) >= 11 is 0. The molecule has 96 valence electrons. The fraction of sp³-hybridized carbons (Fsp3) is 0. The fourth-order valence-electron chi connectivity index (χ4n) is 0.994. The van der Waals surface area contributed by atoms with Crippen LogP contribution in [-0.2, 0) is 0 Å². The van der Waals surface area contributed by atoms with Crippen LogP contribution in [0, 0.1) is 0 Å². The highest BCUT2D eigenvalue weighted by molar-refractivity contribution is 5.91. The molecule has 9 N–H and O–H groups in total. The predicted molar refractivity (Wildman–Crippen MR) is 61.7 cm³/mol. The number of hydrogen-bond acceptors (Lipinski definition) is 5. The summed E-state index contributed by atoms with van der Waals surface area (Å²) in [6.45, 7) is 0. The zero-order valence-electron chi connectivity index (χ0n) is 8.93. The first-order valence-corrected chi connectivity index (χ1v) is 4.45. The Morgan fingerprint density at radius 1 is 0.833 bits per heavy atom. The Morgan fingerprint density at radius 3 is 1.56 bits per heavy atom. The third-order valence-electron chi connectivity index (χ3n) is 1.46. The van der Waals surface area contributed by atoms with Crippen LogP contribution in [0.25, 0.3) is 0 Å². The van der Waals surface area contributed by atoms with E-state index in [2.05, 4.69) is 25.9 Å². The van der Waals surface area contributed by atoms with E-state index in [1.807, 2.05) is 0 Å². The Bertz CT molecular complexity index is 418. The van der Waals surface area contributed by atoms with E-state index >= 15 is 0 Å².